The summed E-state index contributed by atoms with van der Waals surface area (Å²) >= 11 is 12.4. The number of nitrogens with zero attached hydrogens (tertiary/aromatic N) is 4. The van der Waals surface area contributed by atoms with E-state index in [1.807, 2.05) is 32.6 Å². The van der Waals surface area contributed by atoms with E-state index in [1.54, 1.807) is 84.6 Å². The Bertz CT molecular complexity index is 2850. The minimum Gasteiger partial charge on any atom is -0.483 e. The number of rotatable bonds is 17. The number of hydrogen-bond donors (Lipinski definition) is 2. The van der Waals surface area contributed by atoms with E-state index in [-0.39, 0.29) is 89.2 Å². The molecule has 6 unspecified atom stereocenters. The van der Waals surface area contributed by atoms with Gasteiger partial charge in [0.05, 0.1) is 4.90 Å². The summed E-state index contributed by atoms with van der Waals surface area (Å²) in [5.41, 5.74) is 14.5. The predicted octanol–water partition coefficient (Wildman–Crippen LogP) is 9.11. The normalized spacial score (nSPS) is 20.1. The average Bonchev–Trinajstić information content (AvgIpc) is 3.38. The number of benzene rings is 5. The molecule has 2 saturated heterocycles. The molecule has 2 aliphatic heterocycles. The first-order valence-electron chi connectivity index (χ1n) is 24.8. The highest BCUT2D eigenvalue weighted by molar-refractivity contribution is 7.92. The largest absolute Gasteiger partial charge is 0.483 e. The van der Waals surface area contributed by atoms with Gasteiger partial charge in [0.25, 0.3) is 11.8 Å². The molecule has 2 fully saturated rings. The molecule has 2 amide bonds. The Hall–Kier alpha value is -5.46. The maximum absolute atomic E-state index is 13.7. The molecule has 74 heavy (non-hydrogen) atoms. The van der Waals surface area contributed by atoms with Crippen molar-refractivity contribution in [2.75, 3.05) is 39.4 Å². The quantitative estimate of drug-likeness (QED) is 0.0911. The summed E-state index contributed by atoms with van der Waals surface area (Å²) in [5.74, 6) is -0.500. The van der Waals surface area contributed by atoms with Crippen LogP contribution in [0.25, 0.3) is 0 Å². The van der Waals surface area contributed by atoms with Crippen molar-refractivity contribution in [3.63, 3.8) is 0 Å². The van der Waals surface area contributed by atoms with Crippen LogP contribution < -0.4 is 20.9 Å². The molecule has 13 nitrogen and oxygen atoms in total. The molecule has 5 aromatic carbocycles. The number of Topliss-reactive ketones (excluding diaryl/α,β-unsaturated/α-hetero) is 1. The van der Waals surface area contributed by atoms with Gasteiger partial charge < -0.3 is 30.7 Å². The van der Waals surface area contributed by atoms with Crippen LogP contribution in [0, 0.1) is 11.6 Å². The van der Waals surface area contributed by atoms with Gasteiger partial charge in [0, 0.05) is 84.6 Å². The zero-order chi connectivity index (χ0) is 54.1. The lowest BCUT2D eigenvalue weighted by molar-refractivity contribution is -0.140. The fourth-order valence-corrected chi connectivity index (χ4v) is 11.6. The molecule has 0 radical (unpaired) electrons. The molecule has 0 saturated carbocycles. The molecule has 0 spiro atoms. The smallest absolute Gasteiger partial charge is 0.260 e. The maximum atomic E-state index is 13.7. The van der Waals surface area contributed by atoms with Crippen molar-refractivity contribution < 1.29 is 41.1 Å². The van der Waals surface area contributed by atoms with Crippen LogP contribution in [0.3, 0.4) is 0 Å². The van der Waals surface area contributed by atoms with E-state index < -0.39 is 20.2 Å². The van der Waals surface area contributed by atoms with Crippen LogP contribution in [0.5, 0.6) is 11.5 Å². The molecular formula is C56H68Cl2F2N6O7S. The van der Waals surface area contributed by atoms with Crippen LogP contribution in [-0.4, -0.2) is 109 Å². The zero-order valence-electron chi connectivity index (χ0n) is 43.1. The predicted molar refractivity (Wildman–Crippen MR) is 285 cm³/mol. The minimum atomic E-state index is -4.04. The molecule has 18 heteroatoms. The van der Waals surface area contributed by atoms with Gasteiger partial charge in [-0.2, -0.15) is 0 Å². The average molecular weight is 1080 g/mol. The zero-order valence-corrected chi connectivity index (χ0v) is 45.4. The Balaban J connectivity index is 0.000000244. The highest BCUT2D eigenvalue weighted by atomic mass is 35.5. The molecular weight excluding hydrogens is 1010 g/mol. The fraction of sp³-hybridized carbons (Fsp3) is 0.411. The highest BCUT2D eigenvalue weighted by Gasteiger charge is 2.44. The van der Waals surface area contributed by atoms with Crippen molar-refractivity contribution in [3.8, 4) is 11.5 Å². The second-order valence-electron chi connectivity index (χ2n) is 19.4. The van der Waals surface area contributed by atoms with Crippen LogP contribution >= 0.6 is 23.2 Å². The molecule has 0 aromatic heterocycles. The summed E-state index contributed by atoms with van der Waals surface area (Å²) in [6, 6.07) is 30.6. The third-order valence-electron chi connectivity index (χ3n) is 14.2. The lowest BCUT2D eigenvalue weighted by Gasteiger charge is -2.44. The number of hydrogen-bond acceptors (Lipinski definition) is 11. The summed E-state index contributed by atoms with van der Waals surface area (Å²) < 4.78 is 65.7. The molecule has 4 N–H and O–H groups in total. The number of carbonyl (C=O) groups excluding carboxylic acids is 3. The van der Waals surface area contributed by atoms with Crippen LogP contribution in [0.4, 0.5) is 8.78 Å². The Morgan fingerprint density at radius 2 is 1.03 bits per heavy atom. The summed E-state index contributed by atoms with van der Waals surface area (Å²) in [6.07, 6.45) is 0.428. The second-order valence-corrected chi connectivity index (χ2v) is 22.5. The summed E-state index contributed by atoms with van der Waals surface area (Å²) in [5, 5.41) is 0.748. The van der Waals surface area contributed by atoms with Crippen molar-refractivity contribution in [1.29, 1.82) is 0 Å². The van der Waals surface area contributed by atoms with Gasteiger partial charge in [0.15, 0.2) is 23.9 Å². The van der Waals surface area contributed by atoms with Crippen LogP contribution in [0.15, 0.2) is 120 Å². The van der Waals surface area contributed by atoms with Crippen molar-refractivity contribution in [1.82, 2.24) is 19.6 Å². The van der Waals surface area contributed by atoms with E-state index in [9.17, 15) is 31.6 Å². The first-order valence-corrected chi connectivity index (χ1v) is 27.0. The van der Waals surface area contributed by atoms with E-state index in [0.29, 0.717) is 67.0 Å². The number of halogens is 4. The maximum Gasteiger partial charge on any atom is 0.260 e. The van der Waals surface area contributed by atoms with Gasteiger partial charge in [-0.05, 0) is 131 Å². The Morgan fingerprint density at radius 1 is 0.608 bits per heavy atom. The molecule has 2 heterocycles. The lowest BCUT2D eigenvalue weighted by Crippen LogP contribution is -2.58. The van der Waals surface area contributed by atoms with Gasteiger partial charge in [0.1, 0.15) is 28.7 Å². The molecule has 0 aliphatic carbocycles. The number of nitrogens with two attached hydrogens (primary N) is 2. The molecule has 398 valence electrons. The lowest BCUT2D eigenvalue weighted by atomic mass is 9.84. The first kappa shape index (κ1) is 57.8. The van der Waals surface area contributed by atoms with Gasteiger partial charge in [-0.15, -0.1) is 0 Å². The van der Waals surface area contributed by atoms with Crippen molar-refractivity contribution in [3.05, 3.63) is 159 Å². The monoisotopic (exact) mass is 1080 g/mol. The number of sulfone groups is 1. The third-order valence-corrected chi connectivity index (χ3v) is 17.1. The van der Waals surface area contributed by atoms with Crippen molar-refractivity contribution in [2.24, 2.45) is 11.5 Å². The first-order chi connectivity index (χ1) is 35.0. The molecule has 6 atom stereocenters. The van der Waals surface area contributed by atoms with Crippen LogP contribution in [-0.2, 0) is 47.7 Å². The molecule has 5 aromatic rings. The SMILES string of the molecule is CCC(N)(C(C)=O)c1cc(Cl)ccc1OCC(=O)N1CC(C)N(Cc2ccc(F)cc2)CC1C.CCC(N)(c1cc(Cl)ccc1OCC(=O)N1CC(C)N(Cc2ccc(F)cc2)CC1C)S(=O)(=O)c1ccccc1. The summed E-state index contributed by atoms with van der Waals surface area (Å²) in [4.78, 5) is 45.1. The van der Waals surface area contributed by atoms with E-state index in [2.05, 4.69) is 16.7 Å². The van der Waals surface area contributed by atoms with Crippen LogP contribution in [0.1, 0.15) is 83.6 Å². The van der Waals surface area contributed by atoms with Crippen molar-refractivity contribution in [2.45, 2.75) is 114 Å². The Kier molecular flexibility index (Phi) is 19.5. The summed E-state index contributed by atoms with van der Waals surface area (Å²) in [7, 11) is -4.04. The highest BCUT2D eigenvalue weighted by Crippen LogP contribution is 2.40. The van der Waals surface area contributed by atoms with E-state index >= 15 is 0 Å². The topological polar surface area (TPSA) is 169 Å². The molecule has 0 bridgehead atoms. The third kappa shape index (κ3) is 13.5. The fourth-order valence-electron chi connectivity index (χ4n) is 9.53. The van der Waals surface area contributed by atoms with Crippen LogP contribution in [0.2, 0.25) is 10.0 Å². The van der Waals surface area contributed by atoms with Gasteiger partial charge >= 0.3 is 0 Å². The van der Waals surface area contributed by atoms with Crippen molar-refractivity contribution >= 4 is 50.6 Å². The molecule has 2 aliphatic rings. The van der Waals surface area contributed by atoms with E-state index in [0.717, 1.165) is 11.1 Å². The second kappa shape index (κ2) is 24.9. The van der Waals surface area contributed by atoms with E-state index in [1.165, 1.54) is 49.4 Å². The standard InChI is InChI=1S/C30H35ClFN3O4S.C26H33ClFN3O3/c1-4-30(33,40(37,38)26-8-6-5-7-9-26)27-16-24(31)12-15-28(27)39-20-29(36)35-18-21(2)34(17-22(35)3)19-23-10-13-25(32)14-11-23;1-5-26(29,19(4)32)23-12-21(27)8-11-24(23)34-16-25(33)31-14-17(2)30(13-18(31)3)15-20-6-9-22(28)10-7-20/h5-16,21-22H,4,17-20,33H2,1-3H3;6-12,17-18H,5,13-16,29H2,1-4H3. The number of piperazine rings is 2. The van der Waals surface area contributed by atoms with Gasteiger partial charge in [-0.25, -0.2) is 17.2 Å². The van der Waals surface area contributed by atoms with Gasteiger partial charge in [0.2, 0.25) is 9.84 Å². The Labute approximate surface area is 444 Å². The molecule has 7 rings (SSSR count). The van der Waals surface area contributed by atoms with Gasteiger partial charge in [-0.3, -0.25) is 24.2 Å². The number of ether oxygens (including phenoxy) is 2. The number of carbonyl (C=O) groups is 3. The van der Waals surface area contributed by atoms with Gasteiger partial charge in [-0.1, -0.05) is 79.5 Å². The van der Waals surface area contributed by atoms with E-state index in [4.69, 9.17) is 44.1 Å². The Morgan fingerprint density at radius 3 is 1.43 bits per heavy atom. The number of ketones is 1. The summed E-state index contributed by atoms with van der Waals surface area (Å²) in [6.45, 7) is 16.4. The number of amides is 2. The minimum absolute atomic E-state index is 0.0149.